The maximum atomic E-state index is 12.6. The molecule has 36 heavy (non-hydrogen) atoms. The molecule has 4 N–H and O–H groups in total. The molecule has 4 aromatic heterocycles. The third-order valence-corrected chi connectivity index (χ3v) is 8.05. The van der Waals surface area contributed by atoms with Gasteiger partial charge in [0.15, 0.2) is 5.13 Å². The predicted molar refractivity (Wildman–Crippen MR) is 146 cm³/mol. The number of fused-ring (bicyclic) bond motifs is 1. The molecule has 0 saturated heterocycles. The minimum Gasteiger partial charge on any atom is -0.489 e. The van der Waals surface area contributed by atoms with Crippen LogP contribution in [0.5, 0.6) is 5.75 Å². The number of carbonyl (C=O) groups is 1. The van der Waals surface area contributed by atoms with Crippen molar-refractivity contribution < 1.29 is 9.53 Å². The van der Waals surface area contributed by atoms with Crippen LogP contribution in [0.4, 0.5) is 21.5 Å². The second-order valence-corrected chi connectivity index (χ2v) is 10.9. The lowest BCUT2D eigenvalue weighted by molar-refractivity contribution is 0.103. The van der Waals surface area contributed by atoms with E-state index in [0.717, 1.165) is 32.1 Å². The zero-order chi connectivity index (χ0) is 24.6. The molecule has 1 saturated carbocycles. The first-order valence-electron chi connectivity index (χ1n) is 11.7. The molecule has 1 atom stereocenters. The van der Waals surface area contributed by atoms with E-state index in [0.29, 0.717) is 22.2 Å². The van der Waals surface area contributed by atoms with Crippen molar-refractivity contribution in [3.63, 3.8) is 0 Å². The summed E-state index contributed by atoms with van der Waals surface area (Å²) >= 11 is 2.88. The number of imidazole rings is 1. The Hall–Kier alpha value is -3.89. The van der Waals surface area contributed by atoms with E-state index in [1.165, 1.54) is 35.5 Å². The summed E-state index contributed by atoms with van der Waals surface area (Å²) in [5, 5.41) is 7.72. The first-order chi connectivity index (χ1) is 17.5. The number of nitrogen functional groups attached to an aromatic ring is 1. The number of thiazole rings is 1. The van der Waals surface area contributed by atoms with Gasteiger partial charge in [0.25, 0.3) is 5.91 Å². The molecule has 1 aliphatic rings. The lowest BCUT2D eigenvalue weighted by Gasteiger charge is -2.14. The van der Waals surface area contributed by atoms with Crippen molar-refractivity contribution in [2.24, 2.45) is 5.92 Å². The number of amides is 1. The van der Waals surface area contributed by atoms with E-state index in [1.54, 1.807) is 18.2 Å². The fourth-order valence-corrected chi connectivity index (χ4v) is 5.67. The van der Waals surface area contributed by atoms with Gasteiger partial charge in [0.05, 0.1) is 50.3 Å². The van der Waals surface area contributed by atoms with Crippen LogP contribution in [0, 0.1) is 5.92 Å². The Kier molecular flexibility index (Phi) is 5.82. The Morgan fingerprint density at radius 1 is 1.11 bits per heavy atom. The van der Waals surface area contributed by atoms with Crippen molar-refractivity contribution >= 4 is 55.7 Å². The van der Waals surface area contributed by atoms with Gasteiger partial charge in [-0.05, 0) is 62.1 Å². The van der Waals surface area contributed by atoms with Gasteiger partial charge < -0.3 is 21.1 Å². The maximum absolute atomic E-state index is 12.6. The largest absolute Gasteiger partial charge is 0.489 e. The molecule has 0 aliphatic heterocycles. The Balaban J connectivity index is 1.16. The van der Waals surface area contributed by atoms with Crippen molar-refractivity contribution in [2.45, 2.75) is 25.9 Å². The minimum absolute atomic E-state index is 0.203. The third kappa shape index (κ3) is 4.65. The quantitative estimate of drug-likeness (QED) is 0.210. The molecule has 10 heteroatoms. The van der Waals surface area contributed by atoms with E-state index in [2.05, 4.69) is 27.5 Å². The first-order valence-corrected chi connectivity index (χ1v) is 13.3. The number of pyridine rings is 1. The molecule has 1 fully saturated rings. The average Bonchev–Trinajstić information content (AvgIpc) is 3.24. The van der Waals surface area contributed by atoms with Crippen molar-refractivity contribution in [1.82, 2.24) is 14.4 Å². The Bertz CT molecular complexity index is 1550. The number of rotatable bonds is 8. The van der Waals surface area contributed by atoms with Gasteiger partial charge in [-0.15, -0.1) is 11.3 Å². The van der Waals surface area contributed by atoms with E-state index in [9.17, 15) is 4.79 Å². The van der Waals surface area contributed by atoms with Crippen LogP contribution in [-0.2, 0) is 0 Å². The molecule has 8 nitrogen and oxygen atoms in total. The van der Waals surface area contributed by atoms with E-state index in [4.69, 9.17) is 10.5 Å². The molecule has 0 bridgehead atoms. The number of ether oxygens (including phenoxy) is 1. The number of nitrogens with one attached hydrogen (secondary N) is 2. The van der Waals surface area contributed by atoms with Crippen LogP contribution in [0.2, 0.25) is 0 Å². The van der Waals surface area contributed by atoms with Crippen LogP contribution >= 0.6 is 22.7 Å². The summed E-state index contributed by atoms with van der Waals surface area (Å²) in [5.41, 5.74) is 8.86. The SMILES string of the molecule is CC(Oc1ccc2ncc(-c3cnc(Nc4ccc(C(=O)Nc5ccccc5N)s4)s3)n2c1)C1CC1. The monoisotopic (exact) mass is 516 g/mol. The second-order valence-electron chi connectivity index (χ2n) is 8.76. The van der Waals surface area contributed by atoms with E-state index < -0.39 is 0 Å². The summed E-state index contributed by atoms with van der Waals surface area (Å²) in [5.74, 6) is 1.30. The molecule has 1 unspecified atom stereocenters. The van der Waals surface area contributed by atoms with Crippen molar-refractivity contribution in [1.29, 1.82) is 0 Å². The third-order valence-electron chi connectivity index (χ3n) is 6.11. The van der Waals surface area contributed by atoms with E-state index >= 15 is 0 Å². The molecule has 182 valence electrons. The number of benzene rings is 1. The van der Waals surface area contributed by atoms with Gasteiger partial charge in [0.1, 0.15) is 11.4 Å². The standard InChI is InChI=1S/C26H24N6O2S2/c1-15(16-6-7-16)34-17-8-10-23-28-12-20(32(23)14-17)22-13-29-26(36-22)31-24-11-9-21(35-24)25(33)30-19-5-3-2-4-18(19)27/h2-5,8-16H,6-7,27H2,1H3,(H,29,31)(H,30,33). The highest BCUT2D eigenvalue weighted by Crippen LogP contribution is 2.36. The number of anilines is 4. The number of thiophene rings is 1. The number of nitrogens with two attached hydrogens (primary N) is 1. The molecular formula is C26H24N6O2S2. The van der Waals surface area contributed by atoms with Crippen LogP contribution in [-0.4, -0.2) is 26.4 Å². The lowest BCUT2D eigenvalue weighted by atomic mass is 10.2. The van der Waals surface area contributed by atoms with E-state index in [1.807, 2.05) is 53.3 Å². The predicted octanol–water partition coefficient (Wildman–Crippen LogP) is 6.27. The molecule has 4 heterocycles. The fraction of sp³-hybridized carbons (Fsp3) is 0.192. The summed E-state index contributed by atoms with van der Waals surface area (Å²) in [6.07, 6.45) is 8.38. The number of hydrogen-bond acceptors (Lipinski definition) is 8. The Morgan fingerprint density at radius 3 is 2.81 bits per heavy atom. The summed E-state index contributed by atoms with van der Waals surface area (Å²) in [6.45, 7) is 2.13. The van der Waals surface area contributed by atoms with Gasteiger partial charge in [-0.3, -0.25) is 9.20 Å². The molecule has 1 amide bonds. The van der Waals surface area contributed by atoms with Crippen molar-refractivity contribution in [3.05, 3.63) is 72.0 Å². The highest BCUT2D eigenvalue weighted by molar-refractivity contribution is 7.20. The van der Waals surface area contributed by atoms with Crippen molar-refractivity contribution in [2.75, 3.05) is 16.4 Å². The second kappa shape index (κ2) is 9.29. The summed E-state index contributed by atoms with van der Waals surface area (Å²) < 4.78 is 8.18. The zero-order valence-electron chi connectivity index (χ0n) is 19.5. The average molecular weight is 517 g/mol. The smallest absolute Gasteiger partial charge is 0.265 e. The Labute approximate surface area is 215 Å². The molecule has 6 rings (SSSR count). The number of para-hydroxylation sites is 2. The van der Waals surface area contributed by atoms with Crippen molar-refractivity contribution in [3.8, 4) is 16.3 Å². The number of nitrogens with zero attached hydrogens (tertiary/aromatic N) is 3. The molecule has 0 spiro atoms. The molecule has 1 aliphatic carbocycles. The van der Waals surface area contributed by atoms with Gasteiger partial charge in [0, 0.05) is 6.20 Å². The first kappa shape index (κ1) is 22.6. The van der Waals surface area contributed by atoms with E-state index in [-0.39, 0.29) is 12.0 Å². The highest BCUT2D eigenvalue weighted by atomic mass is 32.1. The topological polar surface area (TPSA) is 107 Å². The zero-order valence-corrected chi connectivity index (χ0v) is 21.1. The summed E-state index contributed by atoms with van der Waals surface area (Å²) in [7, 11) is 0. The van der Waals surface area contributed by atoms with Gasteiger partial charge in [-0.2, -0.15) is 0 Å². The molecular weight excluding hydrogens is 492 g/mol. The van der Waals surface area contributed by atoms with Crippen LogP contribution in [0.3, 0.4) is 0 Å². The van der Waals surface area contributed by atoms with Gasteiger partial charge in [-0.25, -0.2) is 9.97 Å². The lowest BCUT2D eigenvalue weighted by Crippen LogP contribution is -2.14. The number of carbonyl (C=O) groups excluding carboxylic acids is 1. The van der Waals surface area contributed by atoms with Crippen LogP contribution in [0.25, 0.3) is 16.2 Å². The number of hydrogen-bond donors (Lipinski definition) is 3. The Morgan fingerprint density at radius 2 is 1.97 bits per heavy atom. The number of aromatic nitrogens is 3. The fourth-order valence-electron chi connectivity index (χ4n) is 3.97. The minimum atomic E-state index is -0.203. The van der Waals surface area contributed by atoms with Gasteiger partial charge in [-0.1, -0.05) is 23.5 Å². The van der Waals surface area contributed by atoms with Crippen LogP contribution in [0.15, 0.2) is 67.1 Å². The van der Waals surface area contributed by atoms with Crippen LogP contribution < -0.4 is 21.1 Å². The molecule has 1 aromatic carbocycles. The molecule has 0 radical (unpaired) electrons. The van der Waals surface area contributed by atoms with Crippen LogP contribution in [0.1, 0.15) is 29.4 Å². The highest BCUT2D eigenvalue weighted by Gasteiger charge is 2.29. The normalized spacial score (nSPS) is 14.0. The summed E-state index contributed by atoms with van der Waals surface area (Å²) in [6, 6.07) is 14.8. The molecule has 5 aromatic rings. The van der Waals surface area contributed by atoms with Gasteiger partial charge >= 0.3 is 0 Å². The maximum Gasteiger partial charge on any atom is 0.265 e. The summed E-state index contributed by atoms with van der Waals surface area (Å²) in [4.78, 5) is 23.3. The van der Waals surface area contributed by atoms with Gasteiger partial charge in [0.2, 0.25) is 0 Å².